The Kier molecular flexibility index (Phi) is 5.38. The van der Waals surface area contributed by atoms with Crippen LogP contribution in [0.1, 0.15) is 5.56 Å². The van der Waals surface area contributed by atoms with E-state index in [0.717, 1.165) is 12.0 Å². The van der Waals surface area contributed by atoms with Gasteiger partial charge in [0.2, 0.25) is 5.95 Å². The first-order chi connectivity index (χ1) is 14.6. The van der Waals surface area contributed by atoms with Crippen molar-refractivity contribution >= 4 is 22.8 Å². The molecule has 0 saturated heterocycles. The zero-order valence-electron chi connectivity index (χ0n) is 17.2. The molecule has 0 spiro atoms. The lowest BCUT2D eigenvalue weighted by molar-refractivity contribution is 0.355. The predicted octanol–water partition coefficient (Wildman–Crippen LogP) is 3.28. The fourth-order valence-corrected chi connectivity index (χ4v) is 3.35. The van der Waals surface area contributed by atoms with Gasteiger partial charge in [-0.3, -0.25) is 4.68 Å². The number of fused-ring (bicyclic) bond motifs is 1. The van der Waals surface area contributed by atoms with Crippen molar-refractivity contribution in [3.05, 3.63) is 54.1 Å². The number of nitrogen functional groups attached to an aromatic ring is 1. The highest BCUT2D eigenvalue weighted by molar-refractivity contribution is 5.99. The minimum Gasteiger partial charge on any atom is -0.493 e. The van der Waals surface area contributed by atoms with Crippen LogP contribution in [0.4, 0.5) is 11.8 Å². The highest BCUT2D eigenvalue weighted by atomic mass is 16.5. The van der Waals surface area contributed by atoms with Gasteiger partial charge in [0.1, 0.15) is 5.82 Å². The van der Waals surface area contributed by atoms with Crippen molar-refractivity contribution < 1.29 is 9.47 Å². The highest BCUT2D eigenvalue weighted by Gasteiger charge is 2.18. The van der Waals surface area contributed by atoms with Gasteiger partial charge < -0.3 is 20.5 Å². The van der Waals surface area contributed by atoms with Crippen LogP contribution in [-0.4, -0.2) is 40.5 Å². The smallest absolute Gasteiger partial charge is 0.225 e. The van der Waals surface area contributed by atoms with Crippen LogP contribution in [0.5, 0.6) is 11.5 Å². The van der Waals surface area contributed by atoms with Crippen LogP contribution in [0.3, 0.4) is 0 Å². The summed E-state index contributed by atoms with van der Waals surface area (Å²) in [6, 6.07) is 15.9. The molecule has 0 amide bonds. The van der Waals surface area contributed by atoms with Gasteiger partial charge in [0.05, 0.1) is 25.3 Å². The number of ether oxygens (including phenoxy) is 2. The summed E-state index contributed by atoms with van der Waals surface area (Å²) in [5, 5.41) is 8.46. The molecule has 8 heteroatoms. The Morgan fingerprint density at radius 1 is 1.00 bits per heavy atom. The van der Waals surface area contributed by atoms with Gasteiger partial charge in [-0.05, 0) is 30.2 Å². The molecule has 30 heavy (non-hydrogen) atoms. The number of methoxy groups -OCH3 is 2. The fraction of sp³-hybridized carbons (Fsp3) is 0.227. The first-order valence-electron chi connectivity index (χ1n) is 9.61. The van der Waals surface area contributed by atoms with Gasteiger partial charge in [0.25, 0.3) is 0 Å². The molecule has 0 fully saturated rings. The van der Waals surface area contributed by atoms with Gasteiger partial charge >= 0.3 is 0 Å². The van der Waals surface area contributed by atoms with E-state index in [2.05, 4.69) is 27.5 Å². The van der Waals surface area contributed by atoms with Crippen molar-refractivity contribution in [2.45, 2.75) is 6.42 Å². The van der Waals surface area contributed by atoms with Crippen LogP contribution >= 0.6 is 0 Å². The topological polar surface area (TPSA) is 100 Å². The van der Waals surface area contributed by atoms with Gasteiger partial charge in [-0.25, -0.2) is 4.98 Å². The van der Waals surface area contributed by atoms with E-state index in [-0.39, 0.29) is 0 Å². The lowest BCUT2D eigenvalue weighted by atomic mass is 10.1. The van der Waals surface area contributed by atoms with Crippen LogP contribution < -0.4 is 20.5 Å². The number of aromatic nitrogens is 4. The largest absolute Gasteiger partial charge is 0.493 e. The molecule has 2 heterocycles. The van der Waals surface area contributed by atoms with E-state index in [0.29, 0.717) is 46.5 Å². The molecule has 154 valence electrons. The number of nitrogens with one attached hydrogen (secondary N) is 1. The molecule has 0 unspecified atom stereocenters. The molecule has 0 saturated carbocycles. The molecule has 0 bridgehead atoms. The Morgan fingerprint density at radius 3 is 2.50 bits per heavy atom. The summed E-state index contributed by atoms with van der Waals surface area (Å²) in [5.41, 5.74) is 9.58. The number of rotatable bonds is 7. The zero-order chi connectivity index (χ0) is 21.1. The zero-order valence-corrected chi connectivity index (χ0v) is 17.2. The summed E-state index contributed by atoms with van der Waals surface area (Å²) in [7, 11) is 5.00. The highest BCUT2D eigenvalue weighted by Crippen LogP contribution is 2.36. The maximum atomic E-state index is 6.27. The molecule has 0 atom stereocenters. The summed E-state index contributed by atoms with van der Waals surface area (Å²) in [4.78, 5) is 9.32. The third kappa shape index (κ3) is 3.71. The van der Waals surface area contributed by atoms with Gasteiger partial charge in [0, 0.05) is 19.2 Å². The summed E-state index contributed by atoms with van der Waals surface area (Å²) >= 11 is 0. The average Bonchev–Trinajstić information content (AvgIpc) is 3.07. The SMILES string of the molecule is COc1ccc(-c2nc(NCCc3ccccc3)nc3nn(C)c(N)c23)cc1OC. The van der Waals surface area contributed by atoms with E-state index in [4.69, 9.17) is 20.2 Å². The Hall–Kier alpha value is -3.81. The second-order valence-corrected chi connectivity index (χ2v) is 6.84. The molecule has 2 aromatic carbocycles. The predicted molar refractivity (Wildman–Crippen MR) is 118 cm³/mol. The number of anilines is 2. The van der Waals surface area contributed by atoms with Crippen molar-refractivity contribution in [1.82, 2.24) is 19.7 Å². The van der Waals surface area contributed by atoms with E-state index in [1.54, 1.807) is 25.9 Å². The van der Waals surface area contributed by atoms with E-state index < -0.39 is 0 Å². The number of hydrogen-bond donors (Lipinski definition) is 2. The van der Waals surface area contributed by atoms with E-state index >= 15 is 0 Å². The molecule has 0 aliphatic heterocycles. The molecule has 0 aliphatic rings. The molecular formula is C22H24N6O2. The maximum absolute atomic E-state index is 6.27. The summed E-state index contributed by atoms with van der Waals surface area (Å²) in [6.45, 7) is 0.698. The van der Waals surface area contributed by atoms with Gasteiger partial charge in [-0.2, -0.15) is 10.1 Å². The second kappa shape index (κ2) is 8.28. The number of nitrogens with zero attached hydrogens (tertiary/aromatic N) is 4. The van der Waals surface area contributed by atoms with Gasteiger partial charge in [0.15, 0.2) is 17.1 Å². The van der Waals surface area contributed by atoms with Crippen LogP contribution in [0, 0.1) is 0 Å². The van der Waals surface area contributed by atoms with Crippen LogP contribution in [0.2, 0.25) is 0 Å². The monoisotopic (exact) mass is 404 g/mol. The Labute approximate surface area is 174 Å². The summed E-state index contributed by atoms with van der Waals surface area (Å²) < 4.78 is 12.4. The Balaban J connectivity index is 1.72. The van der Waals surface area contributed by atoms with Crippen molar-refractivity contribution in [2.75, 3.05) is 31.8 Å². The number of aryl methyl sites for hydroxylation is 1. The first-order valence-corrected chi connectivity index (χ1v) is 9.61. The van der Waals surface area contributed by atoms with Gasteiger partial charge in [-0.1, -0.05) is 30.3 Å². The Morgan fingerprint density at radius 2 is 1.77 bits per heavy atom. The van der Waals surface area contributed by atoms with Crippen molar-refractivity contribution in [2.24, 2.45) is 7.05 Å². The molecule has 0 aliphatic carbocycles. The maximum Gasteiger partial charge on any atom is 0.225 e. The van der Waals surface area contributed by atoms with E-state index in [9.17, 15) is 0 Å². The van der Waals surface area contributed by atoms with Crippen molar-refractivity contribution in [3.63, 3.8) is 0 Å². The molecule has 8 nitrogen and oxygen atoms in total. The van der Waals surface area contributed by atoms with Crippen molar-refractivity contribution in [1.29, 1.82) is 0 Å². The molecule has 2 aromatic heterocycles. The lowest BCUT2D eigenvalue weighted by Crippen LogP contribution is -2.09. The summed E-state index contributed by atoms with van der Waals surface area (Å²) in [5.74, 6) is 2.27. The lowest BCUT2D eigenvalue weighted by Gasteiger charge is -2.11. The third-order valence-electron chi connectivity index (χ3n) is 4.94. The van der Waals surface area contributed by atoms with Crippen molar-refractivity contribution in [3.8, 4) is 22.8 Å². The fourth-order valence-electron chi connectivity index (χ4n) is 3.35. The molecule has 0 radical (unpaired) electrons. The van der Waals surface area contributed by atoms with Crippen LogP contribution in [0.15, 0.2) is 48.5 Å². The molecule has 4 rings (SSSR count). The standard InChI is InChI=1S/C22H24N6O2/c1-28-20(23)18-19(15-9-10-16(29-2)17(13-15)30-3)25-22(26-21(18)27-28)24-12-11-14-7-5-4-6-8-14/h4-10,13H,11-12,23H2,1-3H3,(H,24,26,27). The molecular weight excluding hydrogens is 380 g/mol. The molecule has 4 aromatic rings. The second-order valence-electron chi connectivity index (χ2n) is 6.84. The minimum atomic E-state index is 0.501. The van der Waals surface area contributed by atoms with Crippen LogP contribution in [0.25, 0.3) is 22.3 Å². The third-order valence-corrected chi connectivity index (χ3v) is 4.94. The molecule has 3 N–H and O–H groups in total. The Bertz CT molecular complexity index is 1170. The first kappa shape index (κ1) is 19.5. The van der Waals surface area contributed by atoms with Gasteiger partial charge in [-0.15, -0.1) is 0 Å². The van der Waals surface area contributed by atoms with Crippen LogP contribution in [-0.2, 0) is 13.5 Å². The quantitative estimate of drug-likeness (QED) is 0.487. The number of nitrogens with two attached hydrogens (primary N) is 1. The normalized spacial score (nSPS) is 10.9. The summed E-state index contributed by atoms with van der Waals surface area (Å²) in [6.07, 6.45) is 0.859. The average molecular weight is 404 g/mol. The number of hydrogen-bond acceptors (Lipinski definition) is 7. The minimum absolute atomic E-state index is 0.501. The van der Waals surface area contributed by atoms with E-state index in [1.165, 1.54) is 5.56 Å². The number of benzene rings is 2. The van der Waals surface area contributed by atoms with E-state index in [1.807, 2.05) is 36.4 Å².